The monoisotopic (exact) mass is 203 g/mol. The molecule has 0 aromatic carbocycles. The van der Waals surface area contributed by atoms with Crippen LogP contribution in [0.5, 0.6) is 0 Å². The van der Waals surface area contributed by atoms with Crippen LogP contribution in [0.2, 0.25) is 0 Å². The van der Waals surface area contributed by atoms with E-state index < -0.39 is 6.10 Å². The summed E-state index contributed by atoms with van der Waals surface area (Å²) in [7, 11) is 1.96. The number of rotatable bonds is 4. The highest BCUT2D eigenvalue weighted by molar-refractivity contribution is 4.88. The Bertz CT molecular complexity index is 184. The van der Waals surface area contributed by atoms with E-state index in [1.807, 2.05) is 20.9 Å². The Kier molecular flexibility index (Phi) is 3.89. The Morgan fingerprint density at radius 1 is 1.57 bits per heavy atom. The summed E-state index contributed by atoms with van der Waals surface area (Å²) in [5, 5.41) is 18.5. The van der Waals surface area contributed by atoms with E-state index in [1.54, 1.807) is 0 Å². The van der Waals surface area contributed by atoms with Crippen molar-refractivity contribution in [3.05, 3.63) is 0 Å². The fraction of sp³-hybridized carbons (Fsp3) is 1.00. The lowest BCUT2D eigenvalue weighted by Crippen LogP contribution is -2.45. The standard InChI is InChI=1S/C10H21NO3/c1-10(2)11(3)8(7-14-10)9(13)5-4-6-12/h8-9,12-13H,4-7H2,1-3H3. The first kappa shape index (κ1) is 11.9. The molecule has 0 saturated carbocycles. The topological polar surface area (TPSA) is 52.9 Å². The average molecular weight is 203 g/mol. The first-order valence-corrected chi connectivity index (χ1v) is 5.15. The van der Waals surface area contributed by atoms with Crippen molar-refractivity contribution in [3.8, 4) is 0 Å². The maximum Gasteiger partial charge on any atom is 0.116 e. The number of hydrogen-bond donors (Lipinski definition) is 2. The van der Waals surface area contributed by atoms with E-state index in [0.717, 1.165) is 0 Å². The van der Waals surface area contributed by atoms with Crippen molar-refractivity contribution in [3.63, 3.8) is 0 Å². The van der Waals surface area contributed by atoms with Gasteiger partial charge in [-0.2, -0.15) is 0 Å². The molecule has 1 fully saturated rings. The van der Waals surface area contributed by atoms with Gasteiger partial charge in [0.2, 0.25) is 0 Å². The summed E-state index contributed by atoms with van der Waals surface area (Å²) >= 11 is 0. The average Bonchev–Trinajstić information content (AvgIpc) is 2.39. The highest BCUT2D eigenvalue weighted by Crippen LogP contribution is 2.27. The van der Waals surface area contributed by atoms with E-state index in [1.165, 1.54) is 0 Å². The Morgan fingerprint density at radius 3 is 2.64 bits per heavy atom. The summed E-state index contributed by atoms with van der Waals surface area (Å²) in [6, 6.07) is 0.0524. The molecule has 0 aromatic rings. The van der Waals surface area contributed by atoms with Crippen molar-refractivity contribution in [1.82, 2.24) is 4.90 Å². The minimum absolute atomic E-state index is 0.0524. The van der Waals surface area contributed by atoms with Gasteiger partial charge in [-0.3, -0.25) is 4.90 Å². The lowest BCUT2D eigenvalue weighted by molar-refractivity contribution is -0.0465. The van der Waals surface area contributed by atoms with Crippen LogP contribution in [0, 0.1) is 0 Å². The molecule has 4 heteroatoms. The van der Waals surface area contributed by atoms with Crippen LogP contribution < -0.4 is 0 Å². The second-order valence-corrected chi connectivity index (χ2v) is 4.37. The second-order valence-electron chi connectivity index (χ2n) is 4.37. The molecular formula is C10H21NO3. The Morgan fingerprint density at radius 2 is 2.21 bits per heavy atom. The molecule has 0 amide bonds. The fourth-order valence-corrected chi connectivity index (χ4v) is 1.76. The van der Waals surface area contributed by atoms with Crippen molar-refractivity contribution >= 4 is 0 Å². The van der Waals surface area contributed by atoms with Crippen molar-refractivity contribution in [1.29, 1.82) is 0 Å². The van der Waals surface area contributed by atoms with Gasteiger partial charge in [-0.15, -0.1) is 0 Å². The van der Waals surface area contributed by atoms with Gasteiger partial charge in [0.1, 0.15) is 5.72 Å². The zero-order valence-electron chi connectivity index (χ0n) is 9.23. The third kappa shape index (κ3) is 2.45. The summed E-state index contributed by atoms with van der Waals surface area (Å²) in [5.74, 6) is 0. The zero-order chi connectivity index (χ0) is 10.8. The smallest absolute Gasteiger partial charge is 0.116 e. The molecule has 0 bridgehead atoms. The summed E-state index contributed by atoms with van der Waals surface area (Å²) in [4.78, 5) is 2.05. The van der Waals surface area contributed by atoms with Crippen LogP contribution in [0.1, 0.15) is 26.7 Å². The van der Waals surface area contributed by atoms with Gasteiger partial charge in [-0.1, -0.05) is 0 Å². The number of aliphatic hydroxyl groups excluding tert-OH is 2. The van der Waals surface area contributed by atoms with Gasteiger partial charge in [0.05, 0.1) is 18.8 Å². The van der Waals surface area contributed by atoms with E-state index >= 15 is 0 Å². The lowest BCUT2D eigenvalue weighted by Gasteiger charge is -2.31. The van der Waals surface area contributed by atoms with E-state index in [0.29, 0.717) is 19.4 Å². The predicted octanol–water partition coefficient (Wildman–Crippen LogP) is 0.186. The Labute approximate surface area is 85.5 Å². The van der Waals surface area contributed by atoms with Crippen molar-refractivity contribution in [2.24, 2.45) is 0 Å². The normalized spacial score (nSPS) is 29.4. The maximum absolute atomic E-state index is 9.85. The Balaban J connectivity index is 2.46. The molecule has 4 nitrogen and oxygen atoms in total. The summed E-state index contributed by atoms with van der Waals surface area (Å²) in [6.07, 6.45) is 0.866. The van der Waals surface area contributed by atoms with Crippen LogP contribution in [-0.2, 0) is 4.74 Å². The molecule has 1 aliphatic heterocycles. The van der Waals surface area contributed by atoms with Crippen LogP contribution in [0.25, 0.3) is 0 Å². The minimum Gasteiger partial charge on any atom is -0.396 e. The van der Waals surface area contributed by atoms with Gasteiger partial charge in [-0.05, 0) is 33.7 Å². The molecule has 1 rings (SSSR count). The number of ether oxygens (including phenoxy) is 1. The van der Waals surface area contributed by atoms with Gasteiger partial charge in [-0.25, -0.2) is 0 Å². The van der Waals surface area contributed by atoms with Crippen LogP contribution in [0.4, 0.5) is 0 Å². The molecule has 0 aromatic heterocycles. The molecule has 0 spiro atoms. The van der Waals surface area contributed by atoms with Crippen molar-refractivity contribution in [2.75, 3.05) is 20.3 Å². The number of aliphatic hydroxyl groups is 2. The first-order valence-electron chi connectivity index (χ1n) is 5.15. The van der Waals surface area contributed by atoms with Crippen molar-refractivity contribution < 1.29 is 14.9 Å². The molecule has 1 aliphatic rings. The lowest BCUT2D eigenvalue weighted by atomic mass is 10.1. The molecule has 0 radical (unpaired) electrons. The fourth-order valence-electron chi connectivity index (χ4n) is 1.76. The predicted molar refractivity (Wildman–Crippen MR) is 53.9 cm³/mol. The minimum atomic E-state index is -0.408. The molecule has 14 heavy (non-hydrogen) atoms. The van der Waals surface area contributed by atoms with Gasteiger partial charge in [0, 0.05) is 6.61 Å². The van der Waals surface area contributed by atoms with Crippen LogP contribution in [-0.4, -0.2) is 53.2 Å². The maximum atomic E-state index is 9.85. The van der Waals surface area contributed by atoms with Crippen molar-refractivity contribution in [2.45, 2.75) is 44.6 Å². The molecular weight excluding hydrogens is 182 g/mol. The third-order valence-electron chi connectivity index (χ3n) is 3.06. The van der Waals surface area contributed by atoms with Gasteiger partial charge in [0.15, 0.2) is 0 Å². The summed E-state index contributed by atoms with van der Waals surface area (Å²) in [6.45, 7) is 4.69. The van der Waals surface area contributed by atoms with E-state index in [2.05, 4.69) is 4.90 Å². The third-order valence-corrected chi connectivity index (χ3v) is 3.06. The quantitative estimate of drug-likeness (QED) is 0.684. The Hall–Kier alpha value is -0.160. The van der Waals surface area contributed by atoms with E-state index in [9.17, 15) is 5.11 Å². The highest BCUT2D eigenvalue weighted by atomic mass is 16.5. The second kappa shape index (κ2) is 4.57. The van der Waals surface area contributed by atoms with Gasteiger partial charge < -0.3 is 14.9 Å². The van der Waals surface area contributed by atoms with E-state index in [-0.39, 0.29) is 18.4 Å². The highest BCUT2D eigenvalue weighted by Gasteiger charge is 2.40. The van der Waals surface area contributed by atoms with Crippen LogP contribution in [0.3, 0.4) is 0 Å². The molecule has 1 heterocycles. The molecule has 2 atom stereocenters. The number of nitrogens with zero attached hydrogens (tertiary/aromatic N) is 1. The summed E-state index contributed by atoms with van der Waals surface area (Å²) in [5.41, 5.74) is -0.287. The first-order chi connectivity index (χ1) is 6.49. The number of hydrogen-bond acceptors (Lipinski definition) is 4. The van der Waals surface area contributed by atoms with Crippen LogP contribution >= 0.6 is 0 Å². The summed E-state index contributed by atoms with van der Waals surface area (Å²) < 4.78 is 5.57. The molecule has 2 N–H and O–H groups in total. The van der Waals surface area contributed by atoms with E-state index in [4.69, 9.17) is 9.84 Å². The van der Waals surface area contributed by atoms with Gasteiger partial charge in [0.25, 0.3) is 0 Å². The molecule has 84 valence electrons. The molecule has 2 unspecified atom stereocenters. The van der Waals surface area contributed by atoms with Gasteiger partial charge >= 0.3 is 0 Å². The zero-order valence-corrected chi connectivity index (χ0v) is 9.23. The SMILES string of the molecule is CN1C(C(O)CCCO)COC1(C)C. The molecule has 1 saturated heterocycles. The number of likely N-dealkylation sites (N-methyl/N-ethyl adjacent to an activating group) is 1. The largest absolute Gasteiger partial charge is 0.396 e. The van der Waals surface area contributed by atoms with Crippen LogP contribution in [0.15, 0.2) is 0 Å². The molecule has 0 aliphatic carbocycles.